The molecule has 16 heavy (non-hydrogen) atoms. The van der Waals surface area contributed by atoms with Crippen molar-refractivity contribution < 1.29 is 34.8 Å². The van der Waals surface area contributed by atoms with E-state index in [0.717, 1.165) is 0 Å². The summed E-state index contributed by atoms with van der Waals surface area (Å²) in [4.78, 5) is 21.7. The molecular weight excluding hydrogens is 220 g/mol. The Kier molecular flexibility index (Phi) is 3.34. The van der Waals surface area contributed by atoms with Gasteiger partial charge in [0.25, 0.3) is 0 Å². The molecule has 0 aliphatic carbocycles. The zero-order valence-electron chi connectivity index (χ0n) is 8.82. The second kappa shape index (κ2) is 4.10. The molecule has 1 heterocycles. The van der Waals surface area contributed by atoms with Crippen LogP contribution in [0, 0.1) is 0 Å². The van der Waals surface area contributed by atoms with Gasteiger partial charge in [0.15, 0.2) is 11.9 Å². The van der Waals surface area contributed by atoms with E-state index in [-0.39, 0.29) is 0 Å². The highest BCUT2D eigenvalue weighted by molar-refractivity contribution is 5.95. The number of aliphatic carboxylic acids is 1. The van der Waals surface area contributed by atoms with E-state index in [1.54, 1.807) is 0 Å². The molecule has 7 heteroatoms. The molecule has 92 valence electrons. The van der Waals surface area contributed by atoms with Gasteiger partial charge < -0.3 is 25.2 Å². The summed E-state index contributed by atoms with van der Waals surface area (Å²) in [5.74, 6) is -2.13. The molecule has 0 aromatic rings. The molecule has 1 saturated heterocycles. The van der Waals surface area contributed by atoms with Crippen LogP contribution in [-0.2, 0) is 14.3 Å². The van der Waals surface area contributed by atoms with Crippen LogP contribution in [0.4, 0.5) is 0 Å². The third-order valence-electron chi connectivity index (χ3n) is 2.51. The number of carbonyl (C=O) groups is 2. The van der Waals surface area contributed by atoms with Crippen LogP contribution in [0.25, 0.3) is 0 Å². The van der Waals surface area contributed by atoms with Crippen LogP contribution in [0.3, 0.4) is 0 Å². The summed E-state index contributed by atoms with van der Waals surface area (Å²) in [6.45, 7) is 2.97. The van der Waals surface area contributed by atoms with Crippen LogP contribution in [0.1, 0.15) is 13.8 Å². The molecule has 0 bridgehead atoms. The van der Waals surface area contributed by atoms with E-state index >= 15 is 0 Å². The number of Topliss-reactive ketones (excluding diaryl/α,β-unsaturated/α-hetero) is 1. The van der Waals surface area contributed by atoms with Crippen molar-refractivity contribution in [3.05, 3.63) is 0 Å². The molecule has 0 aromatic heterocycles. The maximum absolute atomic E-state index is 11.4. The largest absolute Gasteiger partial charge is 0.479 e. The third kappa shape index (κ3) is 2.07. The first-order valence-corrected chi connectivity index (χ1v) is 4.67. The Hall–Kier alpha value is -1.02. The molecule has 1 fully saturated rings. The number of aliphatic hydroxyl groups excluding tert-OH is 3. The minimum Gasteiger partial charge on any atom is -0.479 e. The Balaban J connectivity index is 2.63. The van der Waals surface area contributed by atoms with Gasteiger partial charge in [0, 0.05) is 0 Å². The molecule has 1 aliphatic rings. The lowest BCUT2D eigenvalue weighted by atomic mass is 9.85. The number of carbonyl (C=O) groups excluding carboxylic acids is 1. The fourth-order valence-corrected chi connectivity index (χ4v) is 1.45. The fraction of sp³-hybridized carbons (Fsp3) is 0.778. The summed E-state index contributed by atoms with van der Waals surface area (Å²) in [5, 5.41) is 36.1. The summed E-state index contributed by atoms with van der Waals surface area (Å²) in [6, 6.07) is 0. The number of rotatable bonds is 4. The Morgan fingerprint density at radius 3 is 2.19 bits per heavy atom. The number of ether oxygens (including phenoxy) is 1. The van der Waals surface area contributed by atoms with Gasteiger partial charge >= 0.3 is 5.97 Å². The molecular formula is C9H14O7. The Labute approximate surface area is 91.3 Å². The van der Waals surface area contributed by atoms with Gasteiger partial charge in [-0.2, -0.15) is 0 Å². The molecule has 0 amide bonds. The van der Waals surface area contributed by atoms with Crippen molar-refractivity contribution in [2.45, 2.75) is 43.9 Å². The Morgan fingerprint density at radius 2 is 1.88 bits per heavy atom. The molecule has 0 spiro atoms. The summed E-state index contributed by atoms with van der Waals surface area (Å²) in [6.07, 6.45) is -7.18. The monoisotopic (exact) mass is 234 g/mol. The van der Waals surface area contributed by atoms with Gasteiger partial charge in [-0.1, -0.05) is 0 Å². The van der Waals surface area contributed by atoms with Gasteiger partial charge in [0.2, 0.25) is 0 Å². The lowest BCUT2D eigenvalue weighted by Crippen LogP contribution is -2.65. The Morgan fingerprint density at radius 1 is 1.38 bits per heavy atom. The number of ketones is 1. The molecule has 4 N–H and O–H groups in total. The number of hydrogen-bond donors (Lipinski definition) is 4. The summed E-state index contributed by atoms with van der Waals surface area (Å²) < 4.78 is 4.99. The van der Waals surface area contributed by atoms with Gasteiger partial charge in [-0.25, -0.2) is 4.79 Å². The van der Waals surface area contributed by atoms with Crippen LogP contribution >= 0.6 is 0 Å². The van der Waals surface area contributed by atoms with Crippen molar-refractivity contribution in [2.24, 2.45) is 0 Å². The fourth-order valence-electron chi connectivity index (χ4n) is 1.45. The summed E-state index contributed by atoms with van der Waals surface area (Å²) >= 11 is 0. The minimum atomic E-state index is -2.16. The van der Waals surface area contributed by atoms with Crippen LogP contribution in [0.15, 0.2) is 0 Å². The molecule has 0 aromatic carbocycles. The van der Waals surface area contributed by atoms with Crippen molar-refractivity contribution in [1.82, 2.24) is 0 Å². The van der Waals surface area contributed by atoms with E-state index in [0.29, 0.717) is 0 Å². The lowest BCUT2D eigenvalue weighted by Gasteiger charge is -2.44. The van der Waals surface area contributed by atoms with Crippen molar-refractivity contribution in [3.8, 4) is 0 Å². The normalized spacial score (nSPS) is 29.1. The summed E-state index contributed by atoms with van der Waals surface area (Å²) in [7, 11) is 0. The predicted octanol–water partition coefficient (Wildman–Crippen LogP) is -2.10. The number of hydrogen-bond acceptors (Lipinski definition) is 6. The van der Waals surface area contributed by atoms with E-state index in [1.165, 1.54) is 13.8 Å². The maximum Gasteiger partial charge on any atom is 0.335 e. The smallest absolute Gasteiger partial charge is 0.335 e. The van der Waals surface area contributed by atoms with E-state index in [4.69, 9.17) is 14.9 Å². The third-order valence-corrected chi connectivity index (χ3v) is 2.51. The van der Waals surface area contributed by atoms with E-state index in [2.05, 4.69) is 0 Å². The van der Waals surface area contributed by atoms with E-state index in [9.17, 15) is 19.8 Å². The zero-order chi connectivity index (χ0) is 12.7. The highest BCUT2D eigenvalue weighted by atomic mass is 16.6. The van der Waals surface area contributed by atoms with Crippen molar-refractivity contribution >= 4 is 11.8 Å². The lowest BCUT2D eigenvalue weighted by molar-refractivity contribution is -0.224. The molecule has 0 unspecified atom stereocenters. The number of carboxylic acids is 1. The first-order chi connectivity index (χ1) is 7.18. The van der Waals surface area contributed by atoms with Gasteiger partial charge in [0.05, 0.1) is 0 Å². The quantitative estimate of drug-likeness (QED) is 0.439. The molecule has 4 atom stereocenters. The van der Waals surface area contributed by atoms with Gasteiger partial charge in [-0.3, -0.25) is 4.79 Å². The van der Waals surface area contributed by atoms with Crippen molar-refractivity contribution in [2.75, 3.05) is 0 Å². The zero-order valence-corrected chi connectivity index (χ0v) is 8.82. The van der Waals surface area contributed by atoms with Gasteiger partial charge in [-0.15, -0.1) is 0 Å². The van der Waals surface area contributed by atoms with Crippen LogP contribution in [0.2, 0.25) is 0 Å². The first kappa shape index (κ1) is 13.0. The average Bonchev–Trinajstić information content (AvgIpc) is 2.22. The minimum absolute atomic E-state index is 0.448. The highest BCUT2D eigenvalue weighted by Crippen LogP contribution is 2.31. The topological polar surface area (TPSA) is 124 Å². The second-order valence-electron chi connectivity index (χ2n) is 4.18. The molecule has 0 saturated carbocycles. The van der Waals surface area contributed by atoms with Crippen LogP contribution in [0.5, 0.6) is 0 Å². The SMILES string of the molecule is CC1(C)O[C@H]([C@@H](O)[C@H](O)[C@H](O)C(=O)O)C1=O. The molecule has 0 radical (unpaired) electrons. The standard InChI is InChI=1S/C9H14O7/c1-9(2)7(13)6(16-9)4(11)3(10)5(12)8(14)15/h3-6,10-12H,1-2H3,(H,14,15)/t3-,4-,5-,6+/m0/s1. The van der Waals surface area contributed by atoms with Crippen LogP contribution < -0.4 is 0 Å². The van der Waals surface area contributed by atoms with Gasteiger partial charge in [0.1, 0.15) is 23.9 Å². The maximum atomic E-state index is 11.4. The predicted molar refractivity (Wildman–Crippen MR) is 49.6 cm³/mol. The first-order valence-electron chi connectivity index (χ1n) is 4.67. The second-order valence-corrected chi connectivity index (χ2v) is 4.18. The van der Waals surface area contributed by atoms with Crippen LogP contribution in [-0.4, -0.2) is 62.2 Å². The average molecular weight is 234 g/mol. The van der Waals surface area contributed by atoms with Crippen molar-refractivity contribution in [3.63, 3.8) is 0 Å². The highest BCUT2D eigenvalue weighted by Gasteiger charge is 2.53. The summed E-state index contributed by atoms with van der Waals surface area (Å²) in [5.41, 5.74) is -1.04. The van der Waals surface area contributed by atoms with Gasteiger partial charge in [-0.05, 0) is 13.8 Å². The van der Waals surface area contributed by atoms with E-state index < -0.39 is 41.8 Å². The number of carboxylic acid groups (broad SMARTS) is 1. The molecule has 1 rings (SSSR count). The Bertz CT molecular complexity index is 311. The molecule has 7 nitrogen and oxygen atoms in total. The number of aliphatic hydroxyl groups is 3. The van der Waals surface area contributed by atoms with Crippen molar-refractivity contribution in [1.29, 1.82) is 0 Å². The van der Waals surface area contributed by atoms with E-state index in [1.807, 2.05) is 0 Å². The molecule has 1 aliphatic heterocycles.